The Morgan fingerprint density at radius 3 is 3.00 bits per heavy atom. The van der Waals surface area contributed by atoms with Gasteiger partial charge in [-0.15, -0.1) is 5.10 Å². The quantitative estimate of drug-likeness (QED) is 0.862. The first-order valence-electron chi connectivity index (χ1n) is 6.94. The highest BCUT2D eigenvalue weighted by atomic mass is 32.1. The predicted molar refractivity (Wildman–Crippen MR) is 73.6 cm³/mol. The van der Waals surface area contributed by atoms with Gasteiger partial charge >= 0.3 is 0 Å². The Balaban J connectivity index is 1.79. The molecule has 1 aromatic rings. The fourth-order valence-corrected chi connectivity index (χ4v) is 3.12. The minimum Gasteiger partial charge on any atom is -0.378 e. The van der Waals surface area contributed by atoms with Crippen LogP contribution in [-0.2, 0) is 11.3 Å². The number of nitrogens with one attached hydrogen (secondary N) is 1. The van der Waals surface area contributed by atoms with E-state index in [1.165, 1.54) is 24.4 Å². The van der Waals surface area contributed by atoms with E-state index in [1.54, 1.807) is 0 Å². The summed E-state index contributed by atoms with van der Waals surface area (Å²) in [6.07, 6.45) is 5.09. The molecule has 5 heteroatoms. The van der Waals surface area contributed by atoms with E-state index in [9.17, 15) is 0 Å². The molecule has 1 saturated heterocycles. The van der Waals surface area contributed by atoms with Crippen molar-refractivity contribution < 1.29 is 4.74 Å². The summed E-state index contributed by atoms with van der Waals surface area (Å²) in [5.74, 6) is 0.704. The maximum Gasteiger partial charge on any atom is 0.0893 e. The lowest BCUT2D eigenvalue weighted by Gasteiger charge is -2.34. The molecule has 1 N–H and O–H groups in total. The Labute approximate surface area is 113 Å². The number of hydrogen-bond acceptors (Lipinski definition) is 5. The van der Waals surface area contributed by atoms with Gasteiger partial charge in [0.05, 0.1) is 11.8 Å². The molecule has 102 valence electrons. The van der Waals surface area contributed by atoms with Crippen LogP contribution in [0.15, 0.2) is 5.38 Å². The SMILES string of the molecule is CCC(CC)[C@@H]1C[C@@H](NCc2csnn2)CCO1. The topological polar surface area (TPSA) is 47.0 Å². The summed E-state index contributed by atoms with van der Waals surface area (Å²) < 4.78 is 9.81. The van der Waals surface area contributed by atoms with E-state index in [2.05, 4.69) is 28.8 Å². The summed E-state index contributed by atoms with van der Waals surface area (Å²) in [7, 11) is 0. The molecule has 0 aliphatic carbocycles. The van der Waals surface area contributed by atoms with Crippen molar-refractivity contribution in [1.82, 2.24) is 14.9 Å². The zero-order valence-electron chi connectivity index (χ0n) is 11.3. The summed E-state index contributed by atoms with van der Waals surface area (Å²) in [5, 5.41) is 9.65. The Hall–Kier alpha value is -0.520. The molecule has 1 aromatic heterocycles. The van der Waals surface area contributed by atoms with E-state index in [0.29, 0.717) is 18.1 Å². The van der Waals surface area contributed by atoms with Crippen molar-refractivity contribution in [1.29, 1.82) is 0 Å². The van der Waals surface area contributed by atoms with Gasteiger partial charge in [-0.2, -0.15) is 0 Å². The molecule has 4 nitrogen and oxygen atoms in total. The van der Waals surface area contributed by atoms with Gasteiger partial charge in [0.1, 0.15) is 0 Å². The van der Waals surface area contributed by atoms with Gasteiger partial charge in [-0.1, -0.05) is 31.2 Å². The first-order chi connectivity index (χ1) is 8.83. The average Bonchev–Trinajstić information content (AvgIpc) is 2.92. The third-order valence-electron chi connectivity index (χ3n) is 3.87. The second-order valence-corrected chi connectivity index (χ2v) is 5.59. The van der Waals surface area contributed by atoms with Crippen LogP contribution in [0.3, 0.4) is 0 Å². The molecular formula is C13H23N3OS. The van der Waals surface area contributed by atoms with Crippen LogP contribution in [0, 0.1) is 5.92 Å². The van der Waals surface area contributed by atoms with E-state index >= 15 is 0 Å². The molecule has 0 spiro atoms. The zero-order chi connectivity index (χ0) is 12.8. The lowest BCUT2D eigenvalue weighted by Crippen LogP contribution is -2.41. The van der Waals surface area contributed by atoms with Crippen LogP contribution in [0.4, 0.5) is 0 Å². The second kappa shape index (κ2) is 7.16. The van der Waals surface area contributed by atoms with Gasteiger partial charge in [0.15, 0.2) is 0 Å². The molecule has 0 aromatic carbocycles. The fraction of sp³-hybridized carbons (Fsp3) is 0.846. The van der Waals surface area contributed by atoms with Gasteiger partial charge < -0.3 is 10.1 Å². The van der Waals surface area contributed by atoms with Crippen molar-refractivity contribution in [2.24, 2.45) is 5.92 Å². The second-order valence-electron chi connectivity index (χ2n) is 4.98. The summed E-state index contributed by atoms with van der Waals surface area (Å²) in [6, 6.07) is 0.561. The molecular weight excluding hydrogens is 246 g/mol. The molecule has 0 amide bonds. The molecule has 18 heavy (non-hydrogen) atoms. The van der Waals surface area contributed by atoms with Crippen LogP contribution in [0.5, 0.6) is 0 Å². The highest BCUT2D eigenvalue weighted by Gasteiger charge is 2.27. The molecule has 0 radical (unpaired) electrons. The molecule has 2 rings (SSSR count). The molecule has 1 aliphatic rings. The molecule has 0 unspecified atom stereocenters. The van der Waals surface area contributed by atoms with Crippen molar-refractivity contribution >= 4 is 11.5 Å². The fourth-order valence-electron chi connectivity index (χ4n) is 2.67. The van der Waals surface area contributed by atoms with Crippen molar-refractivity contribution in [2.75, 3.05) is 6.61 Å². The van der Waals surface area contributed by atoms with Crippen LogP contribution >= 0.6 is 11.5 Å². The number of hydrogen-bond donors (Lipinski definition) is 1. The first-order valence-corrected chi connectivity index (χ1v) is 7.78. The van der Waals surface area contributed by atoms with Crippen molar-refractivity contribution in [2.45, 2.75) is 58.2 Å². The summed E-state index contributed by atoms with van der Waals surface area (Å²) in [4.78, 5) is 0. The molecule has 0 saturated carbocycles. The summed E-state index contributed by atoms with van der Waals surface area (Å²) in [6.45, 7) is 6.23. The summed E-state index contributed by atoms with van der Waals surface area (Å²) >= 11 is 1.41. The maximum atomic E-state index is 5.92. The van der Waals surface area contributed by atoms with E-state index in [1.807, 2.05) is 5.38 Å². The number of ether oxygens (including phenoxy) is 1. The monoisotopic (exact) mass is 269 g/mol. The normalized spacial score (nSPS) is 24.6. The number of nitrogens with zero attached hydrogens (tertiary/aromatic N) is 2. The predicted octanol–water partition coefficient (Wildman–Crippen LogP) is 2.61. The highest BCUT2D eigenvalue weighted by molar-refractivity contribution is 7.03. The third-order valence-corrected chi connectivity index (χ3v) is 4.42. The smallest absolute Gasteiger partial charge is 0.0893 e. The van der Waals surface area contributed by atoms with Crippen LogP contribution < -0.4 is 5.32 Å². The lowest BCUT2D eigenvalue weighted by molar-refractivity contribution is -0.0350. The number of aromatic nitrogens is 2. The number of rotatable bonds is 6. The summed E-state index contributed by atoms with van der Waals surface area (Å²) in [5.41, 5.74) is 1.05. The van der Waals surface area contributed by atoms with Gasteiger partial charge in [-0.25, -0.2) is 0 Å². The van der Waals surface area contributed by atoms with Gasteiger partial charge in [0, 0.05) is 24.6 Å². The van der Waals surface area contributed by atoms with Crippen molar-refractivity contribution in [3.05, 3.63) is 11.1 Å². The average molecular weight is 269 g/mol. The molecule has 1 fully saturated rings. The molecule has 0 bridgehead atoms. The van der Waals surface area contributed by atoms with E-state index in [4.69, 9.17) is 4.74 Å². The van der Waals surface area contributed by atoms with Gasteiger partial charge in [-0.05, 0) is 30.3 Å². The van der Waals surface area contributed by atoms with E-state index in [0.717, 1.165) is 31.7 Å². The molecule has 1 aliphatic heterocycles. The minimum atomic E-state index is 0.430. The minimum absolute atomic E-state index is 0.430. The van der Waals surface area contributed by atoms with Gasteiger partial charge in [0.2, 0.25) is 0 Å². The Morgan fingerprint density at radius 2 is 2.33 bits per heavy atom. The highest BCUT2D eigenvalue weighted by Crippen LogP contribution is 2.25. The standard InChI is InChI=1S/C13H23N3OS/c1-3-10(4-2)13-7-11(5-6-17-13)14-8-12-9-18-16-15-12/h9-11,13-14H,3-8H2,1-2H3/t11-,13-/m0/s1. The van der Waals surface area contributed by atoms with E-state index < -0.39 is 0 Å². The Morgan fingerprint density at radius 1 is 1.50 bits per heavy atom. The lowest BCUT2D eigenvalue weighted by atomic mass is 9.89. The van der Waals surface area contributed by atoms with Gasteiger partial charge in [0.25, 0.3) is 0 Å². The first kappa shape index (κ1) is 13.9. The third kappa shape index (κ3) is 3.73. The van der Waals surface area contributed by atoms with Crippen LogP contribution in [0.1, 0.15) is 45.2 Å². The largest absolute Gasteiger partial charge is 0.378 e. The van der Waals surface area contributed by atoms with Crippen LogP contribution in [0.2, 0.25) is 0 Å². The Bertz CT molecular complexity index is 327. The molecule has 2 atom stereocenters. The van der Waals surface area contributed by atoms with Gasteiger partial charge in [-0.3, -0.25) is 0 Å². The van der Waals surface area contributed by atoms with Crippen LogP contribution in [0.25, 0.3) is 0 Å². The zero-order valence-corrected chi connectivity index (χ0v) is 12.1. The maximum absolute atomic E-state index is 5.92. The van der Waals surface area contributed by atoms with Crippen molar-refractivity contribution in [3.63, 3.8) is 0 Å². The molecule has 2 heterocycles. The Kier molecular flexibility index (Phi) is 5.53. The van der Waals surface area contributed by atoms with Crippen LogP contribution in [-0.4, -0.2) is 28.3 Å². The van der Waals surface area contributed by atoms with E-state index in [-0.39, 0.29) is 0 Å². The van der Waals surface area contributed by atoms with Crippen molar-refractivity contribution in [3.8, 4) is 0 Å².